The molecule has 1 saturated heterocycles. The zero-order valence-electron chi connectivity index (χ0n) is 16.2. The number of carbonyl (C=O) groups excluding carboxylic acids is 2. The van der Waals surface area contributed by atoms with Crippen LogP contribution < -0.4 is 0 Å². The second kappa shape index (κ2) is 8.15. The third-order valence-corrected chi connectivity index (χ3v) is 7.07. The molecule has 0 aromatic carbocycles. The fourth-order valence-corrected chi connectivity index (χ4v) is 5.37. The number of amides is 2. The predicted octanol–water partition coefficient (Wildman–Crippen LogP) is 3.19. The fourth-order valence-electron chi connectivity index (χ4n) is 4.61. The van der Waals surface area contributed by atoms with Crippen LogP contribution >= 0.6 is 11.3 Å². The molecule has 0 bridgehead atoms. The summed E-state index contributed by atoms with van der Waals surface area (Å²) in [6, 6.07) is 4.01. The zero-order chi connectivity index (χ0) is 18.8. The molecule has 1 aromatic heterocycles. The molecular weight excluding hydrogens is 358 g/mol. The van der Waals surface area contributed by atoms with Gasteiger partial charge in [-0.25, -0.2) is 0 Å². The predicted molar refractivity (Wildman–Crippen MR) is 108 cm³/mol. The standard InChI is InChI=1S/C21H29N3O2S/c1-2-22-11-13-23(14-12-22)19-18(17-10-7-15-27-17)20(25)24(21(19)26)16-8-5-3-4-6-9-16/h7,10,15-16H,2-6,8-9,11-14H2,1H3. The minimum atomic E-state index is -0.0673. The van der Waals surface area contributed by atoms with Crippen molar-refractivity contribution in [2.24, 2.45) is 0 Å². The topological polar surface area (TPSA) is 43.9 Å². The van der Waals surface area contributed by atoms with Gasteiger partial charge >= 0.3 is 0 Å². The first kappa shape index (κ1) is 18.7. The highest BCUT2D eigenvalue weighted by atomic mass is 32.1. The molecule has 2 aliphatic heterocycles. The lowest BCUT2D eigenvalue weighted by Crippen LogP contribution is -2.48. The summed E-state index contributed by atoms with van der Waals surface area (Å²) >= 11 is 1.56. The van der Waals surface area contributed by atoms with Gasteiger partial charge < -0.3 is 9.80 Å². The van der Waals surface area contributed by atoms with E-state index in [1.807, 2.05) is 17.5 Å². The van der Waals surface area contributed by atoms with Crippen LogP contribution in [0.1, 0.15) is 50.3 Å². The molecule has 3 heterocycles. The highest BCUT2D eigenvalue weighted by molar-refractivity contribution is 7.11. The molecular formula is C21H29N3O2S. The molecule has 4 rings (SSSR count). The Kier molecular flexibility index (Phi) is 5.64. The zero-order valence-corrected chi connectivity index (χ0v) is 17.0. The molecule has 0 atom stereocenters. The Morgan fingerprint density at radius 2 is 1.70 bits per heavy atom. The van der Waals surface area contributed by atoms with Crippen molar-refractivity contribution in [3.05, 3.63) is 28.1 Å². The van der Waals surface area contributed by atoms with Gasteiger partial charge in [-0.05, 0) is 30.8 Å². The van der Waals surface area contributed by atoms with Gasteiger partial charge in [0, 0.05) is 37.1 Å². The van der Waals surface area contributed by atoms with Gasteiger partial charge in [0.2, 0.25) is 0 Å². The number of nitrogens with zero attached hydrogens (tertiary/aromatic N) is 3. The number of thiophene rings is 1. The fraction of sp³-hybridized carbons (Fsp3) is 0.619. The summed E-state index contributed by atoms with van der Waals surface area (Å²) in [7, 11) is 0. The lowest BCUT2D eigenvalue weighted by atomic mass is 10.1. The van der Waals surface area contributed by atoms with Crippen LogP contribution in [0.4, 0.5) is 0 Å². The van der Waals surface area contributed by atoms with Gasteiger partial charge in [0.1, 0.15) is 5.70 Å². The van der Waals surface area contributed by atoms with Gasteiger partial charge in [0.25, 0.3) is 11.8 Å². The van der Waals surface area contributed by atoms with Crippen molar-refractivity contribution in [2.45, 2.75) is 51.5 Å². The Morgan fingerprint density at radius 1 is 1.00 bits per heavy atom. The lowest BCUT2D eigenvalue weighted by Gasteiger charge is -2.36. The van der Waals surface area contributed by atoms with Crippen molar-refractivity contribution in [3.8, 4) is 0 Å². The van der Waals surface area contributed by atoms with Crippen molar-refractivity contribution in [1.29, 1.82) is 0 Å². The minimum Gasteiger partial charge on any atom is -0.364 e. The van der Waals surface area contributed by atoms with Crippen molar-refractivity contribution in [1.82, 2.24) is 14.7 Å². The van der Waals surface area contributed by atoms with Crippen LogP contribution in [0, 0.1) is 0 Å². The maximum atomic E-state index is 13.5. The van der Waals surface area contributed by atoms with Crippen LogP contribution in [0.15, 0.2) is 23.2 Å². The first-order valence-electron chi connectivity index (χ1n) is 10.3. The van der Waals surface area contributed by atoms with Gasteiger partial charge in [-0.1, -0.05) is 38.7 Å². The second-order valence-corrected chi connectivity index (χ2v) is 8.70. The van der Waals surface area contributed by atoms with E-state index >= 15 is 0 Å². The van der Waals surface area contributed by atoms with E-state index < -0.39 is 0 Å². The van der Waals surface area contributed by atoms with E-state index in [4.69, 9.17) is 0 Å². The largest absolute Gasteiger partial charge is 0.364 e. The van der Waals surface area contributed by atoms with Crippen LogP contribution in [-0.4, -0.2) is 65.3 Å². The molecule has 0 unspecified atom stereocenters. The quantitative estimate of drug-likeness (QED) is 0.588. The molecule has 5 nitrogen and oxygen atoms in total. The molecule has 146 valence electrons. The Morgan fingerprint density at radius 3 is 2.30 bits per heavy atom. The number of rotatable bonds is 4. The van der Waals surface area contributed by atoms with E-state index in [9.17, 15) is 9.59 Å². The van der Waals surface area contributed by atoms with Crippen molar-refractivity contribution >= 4 is 28.7 Å². The maximum Gasteiger partial charge on any atom is 0.278 e. The Hall–Kier alpha value is -1.66. The molecule has 27 heavy (non-hydrogen) atoms. The smallest absolute Gasteiger partial charge is 0.278 e. The maximum absolute atomic E-state index is 13.5. The van der Waals surface area contributed by atoms with Crippen LogP contribution in [0.2, 0.25) is 0 Å². The Balaban J connectivity index is 1.66. The van der Waals surface area contributed by atoms with E-state index in [2.05, 4.69) is 16.7 Å². The van der Waals surface area contributed by atoms with E-state index in [-0.39, 0.29) is 17.9 Å². The number of hydrogen-bond acceptors (Lipinski definition) is 5. The SMILES string of the molecule is CCN1CCN(C2=C(c3cccs3)C(=O)N(C3CCCCCC3)C2=O)CC1. The average Bonchev–Trinajstić information content (AvgIpc) is 3.20. The number of hydrogen-bond donors (Lipinski definition) is 0. The van der Waals surface area contributed by atoms with E-state index in [0.717, 1.165) is 63.3 Å². The highest BCUT2D eigenvalue weighted by Crippen LogP contribution is 2.37. The number of piperazine rings is 1. The summed E-state index contributed by atoms with van der Waals surface area (Å²) < 4.78 is 0. The normalized spacial score (nSPS) is 23.4. The summed E-state index contributed by atoms with van der Waals surface area (Å²) in [6.07, 6.45) is 6.55. The van der Waals surface area contributed by atoms with Crippen LogP contribution in [0.5, 0.6) is 0 Å². The molecule has 1 aromatic rings. The van der Waals surface area contributed by atoms with Gasteiger partial charge in [0.05, 0.1) is 5.57 Å². The first-order valence-corrected chi connectivity index (χ1v) is 11.2. The molecule has 3 aliphatic rings. The third kappa shape index (κ3) is 3.57. The van der Waals surface area contributed by atoms with E-state index in [1.165, 1.54) is 12.8 Å². The summed E-state index contributed by atoms with van der Waals surface area (Å²) in [5, 5.41) is 1.99. The molecule has 1 saturated carbocycles. The van der Waals surface area contributed by atoms with Gasteiger partial charge in [0.15, 0.2) is 0 Å². The Labute approximate surface area is 165 Å². The minimum absolute atomic E-state index is 0.0553. The molecule has 1 aliphatic carbocycles. The van der Waals surface area contributed by atoms with Gasteiger partial charge in [-0.3, -0.25) is 14.5 Å². The van der Waals surface area contributed by atoms with E-state index in [0.29, 0.717) is 11.3 Å². The van der Waals surface area contributed by atoms with Gasteiger partial charge in [-0.2, -0.15) is 0 Å². The summed E-state index contributed by atoms with van der Waals surface area (Å²) in [4.78, 5) is 34.0. The molecule has 6 heteroatoms. The molecule has 2 fully saturated rings. The average molecular weight is 388 g/mol. The van der Waals surface area contributed by atoms with E-state index in [1.54, 1.807) is 16.2 Å². The number of imide groups is 1. The van der Waals surface area contributed by atoms with Crippen molar-refractivity contribution in [2.75, 3.05) is 32.7 Å². The van der Waals surface area contributed by atoms with Gasteiger partial charge in [-0.15, -0.1) is 11.3 Å². The Bertz CT molecular complexity index is 712. The van der Waals surface area contributed by atoms with Crippen LogP contribution in [-0.2, 0) is 9.59 Å². The molecule has 0 spiro atoms. The summed E-state index contributed by atoms with van der Waals surface area (Å²) in [5.74, 6) is -0.123. The molecule has 0 N–H and O–H groups in total. The lowest BCUT2D eigenvalue weighted by molar-refractivity contribution is -0.140. The number of likely N-dealkylation sites (N-methyl/N-ethyl adjacent to an activating group) is 1. The van der Waals surface area contributed by atoms with Crippen LogP contribution in [0.3, 0.4) is 0 Å². The molecule has 0 radical (unpaired) electrons. The monoisotopic (exact) mass is 387 g/mol. The third-order valence-electron chi connectivity index (χ3n) is 6.18. The summed E-state index contributed by atoms with van der Waals surface area (Å²) in [5.41, 5.74) is 1.30. The van der Waals surface area contributed by atoms with Crippen molar-refractivity contribution in [3.63, 3.8) is 0 Å². The summed E-state index contributed by atoms with van der Waals surface area (Å²) in [6.45, 7) is 6.73. The van der Waals surface area contributed by atoms with Crippen molar-refractivity contribution < 1.29 is 9.59 Å². The second-order valence-electron chi connectivity index (χ2n) is 7.75. The number of carbonyl (C=O) groups is 2. The van der Waals surface area contributed by atoms with Crippen LogP contribution in [0.25, 0.3) is 5.57 Å². The highest BCUT2D eigenvalue weighted by Gasteiger charge is 2.45. The molecule has 2 amide bonds. The first-order chi connectivity index (χ1) is 13.2.